The molecule has 11 heteroatoms. The maximum Gasteiger partial charge on any atom is 0.335 e. The minimum absolute atomic E-state index is 0.0580. The molecular weight excluding hydrogens is 524 g/mol. The molecule has 0 aromatic heterocycles. The van der Waals surface area contributed by atoms with Gasteiger partial charge in [0.1, 0.15) is 6.04 Å². The molecule has 3 aromatic carbocycles. The number of aliphatic hydroxyl groups excluding tert-OH is 1. The van der Waals surface area contributed by atoms with Crippen molar-refractivity contribution in [3.8, 4) is 0 Å². The van der Waals surface area contributed by atoms with Gasteiger partial charge in [-0.1, -0.05) is 41.9 Å². The van der Waals surface area contributed by atoms with Crippen molar-refractivity contribution in [2.24, 2.45) is 0 Å². The van der Waals surface area contributed by atoms with E-state index in [0.717, 1.165) is 5.56 Å². The lowest BCUT2D eigenvalue weighted by Crippen LogP contribution is -2.49. The fourth-order valence-electron chi connectivity index (χ4n) is 4.23. The number of aromatic carboxylic acids is 1. The average Bonchev–Trinajstić information content (AvgIpc) is 3.35. The summed E-state index contributed by atoms with van der Waals surface area (Å²) < 4.78 is 0. The molecule has 3 aromatic rings. The van der Waals surface area contributed by atoms with Gasteiger partial charge >= 0.3 is 17.8 Å². The van der Waals surface area contributed by atoms with Gasteiger partial charge in [0.2, 0.25) is 5.91 Å². The minimum Gasteiger partial charge on any atom is -0.478 e. The van der Waals surface area contributed by atoms with Crippen LogP contribution in [0.3, 0.4) is 0 Å². The smallest absolute Gasteiger partial charge is 0.335 e. The van der Waals surface area contributed by atoms with Crippen molar-refractivity contribution in [3.05, 3.63) is 88.9 Å². The Balaban J connectivity index is 1.49. The molecule has 202 valence electrons. The van der Waals surface area contributed by atoms with E-state index in [1.165, 1.54) is 30.3 Å². The zero-order valence-electron chi connectivity index (χ0n) is 20.8. The van der Waals surface area contributed by atoms with Gasteiger partial charge in [0.25, 0.3) is 0 Å². The number of carboxylic acids is 1. The highest BCUT2D eigenvalue weighted by Gasteiger charge is 2.27. The Morgan fingerprint density at radius 1 is 0.949 bits per heavy atom. The van der Waals surface area contributed by atoms with Gasteiger partial charge in [0, 0.05) is 30.2 Å². The topological polar surface area (TPSA) is 148 Å². The van der Waals surface area contributed by atoms with E-state index in [2.05, 4.69) is 16.0 Å². The molecule has 0 saturated carbocycles. The quantitative estimate of drug-likeness (QED) is 0.271. The summed E-state index contributed by atoms with van der Waals surface area (Å²) in [5.41, 5.74) is 2.06. The molecule has 3 amide bonds. The number of carbonyl (C=O) groups is 4. The van der Waals surface area contributed by atoms with Crippen molar-refractivity contribution in [2.45, 2.75) is 25.0 Å². The molecule has 5 N–H and O–H groups in total. The van der Waals surface area contributed by atoms with Crippen LogP contribution in [-0.2, 0) is 20.8 Å². The molecule has 0 aliphatic carbocycles. The lowest BCUT2D eigenvalue weighted by atomic mass is 10.0. The third-order valence-corrected chi connectivity index (χ3v) is 6.46. The molecule has 4 rings (SSSR count). The number of nitrogens with zero attached hydrogens (tertiary/aromatic N) is 1. The number of rotatable bonds is 8. The molecule has 0 radical (unpaired) electrons. The maximum atomic E-state index is 13.1. The van der Waals surface area contributed by atoms with Crippen LogP contribution in [0.15, 0.2) is 72.8 Å². The highest BCUT2D eigenvalue weighted by atomic mass is 35.5. The van der Waals surface area contributed by atoms with Crippen molar-refractivity contribution in [1.82, 2.24) is 5.32 Å². The van der Waals surface area contributed by atoms with E-state index in [1.807, 2.05) is 11.0 Å². The van der Waals surface area contributed by atoms with Crippen LogP contribution >= 0.6 is 11.6 Å². The summed E-state index contributed by atoms with van der Waals surface area (Å²) in [5, 5.41) is 27.1. The van der Waals surface area contributed by atoms with Crippen molar-refractivity contribution < 1.29 is 29.4 Å². The normalized spacial score (nSPS) is 15.3. The second-order valence-electron chi connectivity index (χ2n) is 9.09. The Kier molecular flexibility index (Phi) is 8.80. The summed E-state index contributed by atoms with van der Waals surface area (Å²) in [4.78, 5) is 52.0. The van der Waals surface area contributed by atoms with E-state index in [0.29, 0.717) is 41.6 Å². The minimum atomic E-state index is -1.11. The summed E-state index contributed by atoms with van der Waals surface area (Å²) in [5.74, 6) is -3.70. The summed E-state index contributed by atoms with van der Waals surface area (Å²) >= 11 is 6.13. The Morgan fingerprint density at radius 3 is 2.31 bits per heavy atom. The summed E-state index contributed by atoms with van der Waals surface area (Å²) in [6.07, 6.45) is 0.184. The Morgan fingerprint density at radius 2 is 1.67 bits per heavy atom. The molecule has 39 heavy (non-hydrogen) atoms. The third-order valence-electron chi connectivity index (χ3n) is 6.22. The lowest BCUT2D eigenvalue weighted by molar-refractivity contribution is -0.137. The second-order valence-corrected chi connectivity index (χ2v) is 9.53. The molecule has 1 fully saturated rings. The predicted octanol–water partition coefficient (Wildman–Crippen LogP) is 2.91. The highest BCUT2D eigenvalue weighted by molar-refractivity contribution is 6.40. The van der Waals surface area contributed by atoms with Crippen LogP contribution in [0.5, 0.6) is 0 Å². The molecule has 0 bridgehead atoms. The van der Waals surface area contributed by atoms with E-state index in [-0.39, 0.29) is 12.0 Å². The maximum absolute atomic E-state index is 13.1. The first-order valence-electron chi connectivity index (χ1n) is 12.2. The van der Waals surface area contributed by atoms with Crippen LogP contribution in [0.4, 0.5) is 17.1 Å². The molecule has 2 atom stereocenters. The van der Waals surface area contributed by atoms with Crippen molar-refractivity contribution >= 4 is 52.4 Å². The van der Waals surface area contributed by atoms with E-state index in [1.54, 1.807) is 36.4 Å². The number of benzene rings is 3. The number of hydrogen-bond donors (Lipinski definition) is 5. The van der Waals surface area contributed by atoms with Gasteiger partial charge in [0.15, 0.2) is 0 Å². The van der Waals surface area contributed by atoms with Crippen LogP contribution < -0.4 is 20.9 Å². The number of carbonyl (C=O) groups excluding carboxylic acids is 3. The Bertz CT molecular complexity index is 1370. The number of hydrogen-bond acceptors (Lipinski definition) is 6. The Hall–Kier alpha value is -4.41. The van der Waals surface area contributed by atoms with Crippen LogP contribution in [-0.4, -0.2) is 59.1 Å². The SMILES string of the molecule is O=C(Nc1cc(Cl)ccc1N1CC[C@@H](O)C1)C(=O)N[C@@H](Cc1ccccc1)C(=O)Nc1ccc(C(=O)O)cc1. The zero-order chi connectivity index (χ0) is 27.9. The van der Waals surface area contributed by atoms with Gasteiger partial charge in [-0.15, -0.1) is 0 Å². The number of halogens is 1. The molecular formula is C28H27ClN4O6. The first-order chi connectivity index (χ1) is 18.7. The number of β-amino-alcohol motifs (C(OH)–C–C–N with tert-alkyl or cyclic N) is 1. The first-order valence-corrected chi connectivity index (χ1v) is 12.6. The molecule has 10 nitrogen and oxygen atoms in total. The predicted molar refractivity (Wildman–Crippen MR) is 147 cm³/mol. The van der Waals surface area contributed by atoms with Crippen LogP contribution in [0.1, 0.15) is 22.3 Å². The molecule has 1 aliphatic rings. The van der Waals surface area contributed by atoms with Crippen molar-refractivity contribution in [3.63, 3.8) is 0 Å². The first kappa shape index (κ1) is 27.6. The third kappa shape index (κ3) is 7.34. The largest absolute Gasteiger partial charge is 0.478 e. The summed E-state index contributed by atoms with van der Waals surface area (Å²) in [7, 11) is 0. The highest BCUT2D eigenvalue weighted by Crippen LogP contribution is 2.31. The monoisotopic (exact) mass is 550 g/mol. The van der Waals surface area contributed by atoms with Gasteiger partial charge in [-0.05, 0) is 54.4 Å². The van der Waals surface area contributed by atoms with Crippen LogP contribution in [0.2, 0.25) is 5.02 Å². The number of anilines is 3. The lowest BCUT2D eigenvalue weighted by Gasteiger charge is -2.22. The van der Waals surface area contributed by atoms with Gasteiger partial charge in [-0.3, -0.25) is 14.4 Å². The van der Waals surface area contributed by atoms with Gasteiger partial charge in [-0.2, -0.15) is 0 Å². The van der Waals surface area contributed by atoms with E-state index >= 15 is 0 Å². The number of nitrogens with one attached hydrogen (secondary N) is 3. The zero-order valence-corrected chi connectivity index (χ0v) is 21.5. The van der Waals surface area contributed by atoms with Crippen molar-refractivity contribution in [2.75, 3.05) is 28.6 Å². The van der Waals surface area contributed by atoms with E-state index in [9.17, 15) is 24.3 Å². The number of carboxylic acid groups (broad SMARTS) is 1. The van der Waals surface area contributed by atoms with Crippen molar-refractivity contribution in [1.29, 1.82) is 0 Å². The van der Waals surface area contributed by atoms with E-state index in [4.69, 9.17) is 16.7 Å². The van der Waals surface area contributed by atoms with Crippen LogP contribution in [0, 0.1) is 0 Å². The standard InChI is InChI=1S/C28H27ClN4O6/c29-19-8-11-24(33-13-12-21(34)16-33)22(15-19)31-26(36)27(37)32-23(14-17-4-2-1-3-5-17)25(35)30-20-9-6-18(7-10-20)28(38)39/h1-11,15,21,23,34H,12-14,16H2,(H,30,35)(H,31,36)(H,32,37)(H,38,39)/t21-,23+/m1/s1. The molecule has 1 aliphatic heterocycles. The van der Waals surface area contributed by atoms with E-state index < -0.39 is 35.8 Å². The molecule has 1 saturated heterocycles. The summed E-state index contributed by atoms with van der Waals surface area (Å²) in [6.45, 7) is 0.952. The molecule has 0 unspecified atom stereocenters. The molecule has 1 heterocycles. The second kappa shape index (κ2) is 12.4. The molecule has 0 spiro atoms. The fourth-order valence-corrected chi connectivity index (χ4v) is 4.40. The van der Waals surface area contributed by atoms with Gasteiger partial charge in [-0.25, -0.2) is 4.79 Å². The number of aliphatic hydroxyl groups is 1. The van der Waals surface area contributed by atoms with Gasteiger partial charge < -0.3 is 31.1 Å². The Labute approximate surface area is 229 Å². The fraction of sp³-hybridized carbons (Fsp3) is 0.214. The summed E-state index contributed by atoms with van der Waals surface area (Å²) in [6, 6.07) is 18.3. The van der Waals surface area contributed by atoms with Crippen LogP contribution in [0.25, 0.3) is 0 Å². The van der Waals surface area contributed by atoms with Gasteiger partial charge in [0.05, 0.1) is 23.0 Å². The number of amides is 3. The average molecular weight is 551 g/mol.